The number of anilines is 1. The van der Waals surface area contributed by atoms with Gasteiger partial charge in [0.1, 0.15) is 5.01 Å². The third-order valence-corrected chi connectivity index (χ3v) is 8.08. The quantitative estimate of drug-likeness (QED) is 0.651. The molecule has 9 heteroatoms. The number of sulfonamides is 1. The Morgan fingerprint density at radius 2 is 1.80 bits per heavy atom. The minimum absolute atomic E-state index is 0.102. The second-order valence-corrected chi connectivity index (χ2v) is 10.2. The molecule has 4 rings (SSSR count). The van der Waals surface area contributed by atoms with Gasteiger partial charge in [0.2, 0.25) is 15.0 Å². The van der Waals surface area contributed by atoms with Crippen LogP contribution in [0.15, 0.2) is 59.5 Å². The SMILES string of the molecule is Cc1cccc(S(=O)(=O)N2CCC(c3nnc(C(=O)Nc4ccccc4)s3)CC2)c1. The molecule has 1 fully saturated rings. The zero-order chi connectivity index (χ0) is 21.1. The van der Waals surface area contributed by atoms with Crippen molar-refractivity contribution in [3.8, 4) is 0 Å². The monoisotopic (exact) mass is 442 g/mol. The highest BCUT2D eigenvalue weighted by Crippen LogP contribution is 2.32. The number of carbonyl (C=O) groups excluding carboxylic acids is 1. The van der Waals surface area contributed by atoms with Crippen molar-refractivity contribution in [3.63, 3.8) is 0 Å². The van der Waals surface area contributed by atoms with E-state index in [-0.39, 0.29) is 11.8 Å². The molecule has 1 aromatic heterocycles. The van der Waals surface area contributed by atoms with Crippen LogP contribution < -0.4 is 5.32 Å². The minimum atomic E-state index is -3.50. The molecule has 1 N–H and O–H groups in total. The van der Waals surface area contributed by atoms with E-state index < -0.39 is 10.0 Å². The maximum atomic E-state index is 12.9. The summed E-state index contributed by atoms with van der Waals surface area (Å²) >= 11 is 1.27. The van der Waals surface area contributed by atoms with Crippen LogP contribution in [-0.2, 0) is 10.0 Å². The van der Waals surface area contributed by atoms with Crippen molar-refractivity contribution < 1.29 is 13.2 Å². The van der Waals surface area contributed by atoms with E-state index in [1.54, 1.807) is 18.2 Å². The number of nitrogens with zero attached hydrogens (tertiary/aromatic N) is 3. The van der Waals surface area contributed by atoms with Crippen molar-refractivity contribution in [1.82, 2.24) is 14.5 Å². The first kappa shape index (κ1) is 20.6. The highest BCUT2D eigenvalue weighted by Gasteiger charge is 2.31. The molecule has 0 spiro atoms. The van der Waals surface area contributed by atoms with E-state index in [4.69, 9.17) is 0 Å². The largest absolute Gasteiger partial charge is 0.320 e. The van der Waals surface area contributed by atoms with Crippen LogP contribution in [0.4, 0.5) is 5.69 Å². The fraction of sp³-hybridized carbons (Fsp3) is 0.286. The van der Waals surface area contributed by atoms with E-state index in [0.717, 1.165) is 10.6 Å². The van der Waals surface area contributed by atoms with E-state index in [1.807, 2.05) is 43.3 Å². The number of para-hydroxylation sites is 1. The van der Waals surface area contributed by atoms with Crippen LogP contribution >= 0.6 is 11.3 Å². The third kappa shape index (κ3) is 4.43. The molecule has 0 aliphatic carbocycles. The highest BCUT2D eigenvalue weighted by atomic mass is 32.2. The van der Waals surface area contributed by atoms with Gasteiger partial charge in [-0.15, -0.1) is 10.2 Å². The second kappa shape index (κ2) is 8.63. The van der Waals surface area contributed by atoms with Crippen LogP contribution in [0.25, 0.3) is 0 Å². The number of rotatable bonds is 5. The summed E-state index contributed by atoms with van der Waals surface area (Å²) in [5.41, 5.74) is 1.62. The van der Waals surface area contributed by atoms with E-state index in [9.17, 15) is 13.2 Å². The summed E-state index contributed by atoms with van der Waals surface area (Å²) in [5, 5.41) is 12.1. The summed E-state index contributed by atoms with van der Waals surface area (Å²) in [4.78, 5) is 12.7. The number of piperidine rings is 1. The molecular formula is C21H22N4O3S2. The van der Waals surface area contributed by atoms with E-state index in [1.165, 1.54) is 15.6 Å². The fourth-order valence-corrected chi connectivity index (χ4v) is 5.95. The predicted molar refractivity (Wildman–Crippen MR) is 116 cm³/mol. The topological polar surface area (TPSA) is 92.3 Å². The molecular weight excluding hydrogens is 420 g/mol. The van der Waals surface area contributed by atoms with Gasteiger partial charge in [-0.1, -0.05) is 41.7 Å². The molecule has 1 amide bonds. The van der Waals surface area contributed by atoms with Crippen molar-refractivity contribution in [2.75, 3.05) is 18.4 Å². The summed E-state index contributed by atoms with van der Waals surface area (Å²) in [6.45, 7) is 2.73. The van der Waals surface area contributed by atoms with Crippen molar-refractivity contribution in [1.29, 1.82) is 0 Å². The van der Waals surface area contributed by atoms with Crippen LogP contribution in [0.2, 0.25) is 0 Å². The molecule has 0 saturated carbocycles. The summed E-state index contributed by atoms with van der Waals surface area (Å²) in [5.74, 6) is -0.186. The number of amides is 1. The molecule has 156 valence electrons. The molecule has 1 aliphatic rings. The maximum absolute atomic E-state index is 12.9. The van der Waals surface area contributed by atoms with Gasteiger partial charge in [0.25, 0.3) is 5.91 Å². The molecule has 1 aliphatic heterocycles. The Hall–Kier alpha value is -2.62. The van der Waals surface area contributed by atoms with Crippen LogP contribution in [-0.4, -0.2) is 41.9 Å². The summed E-state index contributed by atoms with van der Waals surface area (Å²) < 4.78 is 27.3. The number of carbonyl (C=O) groups is 1. The Bertz CT molecular complexity index is 1140. The molecule has 2 heterocycles. The maximum Gasteiger partial charge on any atom is 0.286 e. The van der Waals surface area contributed by atoms with Crippen LogP contribution in [0.1, 0.15) is 39.1 Å². The lowest BCUT2D eigenvalue weighted by Crippen LogP contribution is -2.37. The third-order valence-electron chi connectivity index (χ3n) is 5.10. The Morgan fingerprint density at radius 1 is 1.07 bits per heavy atom. The zero-order valence-corrected chi connectivity index (χ0v) is 18.1. The molecule has 0 radical (unpaired) electrons. The molecule has 0 bridgehead atoms. The van der Waals surface area contributed by atoms with Gasteiger partial charge in [-0.3, -0.25) is 4.79 Å². The molecule has 7 nitrogen and oxygen atoms in total. The zero-order valence-electron chi connectivity index (χ0n) is 16.5. The number of aryl methyl sites for hydroxylation is 1. The molecule has 30 heavy (non-hydrogen) atoms. The lowest BCUT2D eigenvalue weighted by Gasteiger charge is -2.30. The standard InChI is InChI=1S/C21H22N4O3S2/c1-15-6-5-9-18(14-15)30(27,28)25-12-10-16(11-13-25)20-23-24-21(29-20)19(26)22-17-7-3-2-4-8-17/h2-9,14,16H,10-13H2,1H3,(H,22,26). The number of benzene rings is 2. The minimum Gasteiger partial charge on any atom is -0.320 e. The first-order valence-corrected chi connectivity index (χ1v) is 12.0. The van der Waals surface area contributed by atoms with Gasteiger partial charge in [0, 0.05) is 24.7 Å². The van der Waals surface area contributed by atoms with Crippen LogP contribution in [0.5, 0.6) is 0 Å². The number of aromatic nitrogens is 2. The first-order valence-electron chi connectivity index (χ1n) is 9.70. The summed E-state index contributed by atoms with van der Waals surface area (Å²) in [6, 6.07) is 16.2. The second-order valence-electron chi connectivity index (χ2n) is 7.26. The number of hydrogen-bond acceptors (Lipinski definition) is 6. The average Bonchev–Trinajstić information content (AvgIpc) is 3.25. The van der Waals surface area contributed by atoms with Gasteiger partial charge < -0.3 is 5.32 Å². The molecule has 2 aromatic carbocycles. The summed E-state index contributed by atoms with van der Waals surface area (Å²) in [7, 11) is -3.50. The Balaban J connectivity index is 1.39. The summed E-state index contributed by atoms with van der Waals surface area (Å²) in [6.07, 6.45) is 1.31. The van der Waals surface area contributed by atoms with Crippen molar-refractivity contribution in [2.45, 2.75) is 30.6 Å². The van der Waals surface area contributed by atoms with Crippen LogP contribution in [0.3, 0.4) is 0 Å². The lowest BCUT2D eigenvalue weighted by molar-refractivity contribution is 0.102. The normalized spacial score (nSPS) is 15.8. The number of hydrogen-bond donors (Lipinski definition) is 1. The molecule has 3 aromatic rings. The van der Waals surface area contributed by atoms with Crippen molar-refractivity contribution in [3.05, 3.63) is 70.2 Å². The van der Waals surface area contributed by atoms with Gasteiger partial charge in [0.15, 0.2) is 0 Å². The predicted octanol–water partition coefficient (Wildman–Crippen LogP) is 3.67. The number of nitrogens with one attached hydrogen (secondary N) is 1. The Morgan fingerprint density at radius 3 is 2.50 bits per heavy atom. The van der Waals surface area contributed by atoms with E-state index in [2.05, 4.69) is 15.5 Å². The van der Waals surface area contributed by atoms with Gasteiger partial charge in [-0.05, 0) is 49.6 Å². The fourth-order valence-electron chi connectivity index (χ4n) is 3.47. The van der Waals surface area contributed by atoms with E-state index >= 15 is 0 Å². The first-order chi connectivity index (χ1) is 14.4. The van der Waals surface area contributed by atoms with E-state index in [0.29, 0.717) is 41.5 Å². The smallest absolute Gasteiger partial charge is 0.286 e. The van der Waals surface area contributed by atoms with Gasteiger partial charge >= 0.3 is 0 Å². The average molecular weight is 443 g/mol. The van der Waals surface area contributed by atoms with Gasteiger partial charge in [-0.2, -0.15) is 4.31 Å². The highest BCUT2D eigenvalue weighted by molar-refractivity contribution is 7.89. The Labute approximate surface area is 179 Å². The van der Waals surface area contributed by atoms with Gasteiger partial charge in [-0.25, -0.2) is 8.42 Å². The Kier molecular flexibility index (Phi) is 5.94. The molecule has 0 unspecified atom stereocenters. The van der Waals surface area contributed by atoms with Crippen molar-refractivity contribution >= 4 is 33.0 Å². The van der Waals surface area contributed by atoms with Crippen molar-refractivity contribution in [2.24, 2.45) is 0 Å². The molecule has 0 atom stereocenters. The van der Waals surface area contributed by atoms with Gasteiger partial charge in [0.05, 0.1) is 4.90 Å². The molecule has 1 saturated heterocycles. The van der Waals surface area contributed by atoms with Crippen LogP contribution in [0, 0.1) is 6.92 Å². The lowest BCUT2D eigenvalue weighted by atomic mass is 9.99.